The maximum atomic E-state index is 12.4. The molecule has 0 atom stereocenters. The average Bonchev–Trinajstić information content (AvgIpc) is 3.48. The van der Waals surface area contributed by atoms with E-state index in [-0.39, 0.29) is 5.91 Å². The van der Waals surface area contributed by atoms with Crippen LogP contribution in [0.2, 0.25) is 0 Å². The highest BCUT2D eigenvalue weighted by Crippen LogP contribution is 2.23. The Bertz CT molecular complexity index is 1150. The zero-order chi connectivity index (χ0) is 21.5. The third-order valence-electron chi connectivity index (χ3n) is 4.48. The number of nitrogens with one attached hydrogen (secondary N) is 1. The van der Waals surface area contributed by atoms with Crippen molar-refractivity contribution in [2.75, 3.05) is 6.61 Å². The minimum absolute atomic E-state index is 0.312. The minimum Gasteiger partial charge on any atom is -0.494 e. The van der Waals surface area contributed by atoms with Crippen LogP contribution in [0.5, 0.6) is 5.75 Å². The molecule has 1 N–H and O–H groups in total. The number of nitrogens with zero attached hydrogens (tertiary/aromatic N) is 3. The van der Waals surface area contributed by atoms with Crippen LogP contribution in [0.4, 0.5) is 0 Å². The summed E-state index contributed by atoms with van der Waals surface area (Å²) in [5.74, 6) is 1.04. The van der Waals surface area contributed by atoms with E-state index in [2.05, 4.69) is 15.6 Å². The molecule has 0 aliphatic heterocycles. The Hall–Kier alpha value is -4.13. The molecule has 4 rings (SSSR count). The molecular weight excluding hydrogens is 392 g/mol. The number of ether oxygens (including phenoxy) is 1. The maximum Gasteiger partial charge on any atom is 0.271 e. The van der Waals surface area contributed by atoms with Crippen molar-refractivity contribution in [3.63, 3.8) is 0 Å². The average molecular weight is 414 g/mol. The van der Waals surface area contributed by atoms with Crippen LogP contribution in [0.25, 0.3) is 17.1 Å². The van der Waals surface area contributed by atoms with E-state index in [0.717, 1.165) is 17.9 Å². The lowest BCUT2D eigenvalue weighted by Crippen LogP contribution is -2.17. The molecule has 0 saturated heterocycles. The van der Waals surface area contributed by atoms with Crippen LogP contribution in [-0.2, 0) is 0 Å². The molecule has 2 heterocycles. The molecule has 0 aliphatic carbocycles. The van der Waals surface area contributed by atoms with Gasteiger partial charge in [0.05, 0.1) is 24.8 Å². The Kier molecular flexibility index (Phi) is 6.23. The van der Waals surface area contributed by atoms with Crippen LogP contribution >= 0.6 is 0 Å². The third kappa shape index (κ3) is 4.90. The van der Waals surface area contributed by atoms with Crippen molar-refractivity contribution in [2.24, 2.45) is 5.10 Å². The molecule has 0 spiro atoms. The molecule has 0 unspecified atom stereocenters. The molecule has 7 heteroatoms. The molecule has 0 saturated carbocycles. The maximum absolute atomic E-state index is 12.4. The van der Waals surface area contributed by atoms with E-state index in [0.29, 0.717) is 29.2 Å². The Balaban J connectivity index is 1.50. The lowest BCUT2D eigenvalue weighted by Gasteiger charge is -2.05. The third-order valence-corrected chi connectivity index (χ3v) is 4.48. The highest BCUT2D eigenvalue weighted by atomic mass is 16.5. The molecule has 156 valence electrons. The number of hydrogen-bond acceptors (Lipinski definition) is 5. The van der Waals surface area contributed by atoms with Crippen molar-refractivity contribution in [3.8, 4) is 22.9 Å². The first-order chi connectivity index (χ1) is 15.2. The van der Waals surface area contributed by atoms with Gasteiger partial charge in [0, 0.05) is 17.3 Å². The number of rotatable bonds is 8. The molecule has 0 bridgehead atoms. The standard InChI is InChI=1S/C24H22N4O3/c1-2-14-30-21-12-10-18(11-13-21)24(29)26-25-16-19-17-28(20-7-4-3-5-8-20)27-23(19)22-9-6-15-31-22/h3-13,15-17H,2,14H2,1H3,(H,26,29)/b25-16+. The molecule has 0 fully saturated rings. The van der Waals surface area contributed by atoms with Crippen molar-refractivity contribution >= 4 is 12.1 Å². The van der Waals surface area contributed by atoms with Crippen molar-refractivity contribution in [3.05, 3.63) is 90.3 Å². The predicted octanol–water partition coefficient (Wildman–Crippen LogP) is 4.69. The molecule has 4 aromatic rings. The molecule has 1 amide bonds. The second-order valence-corrected chi connectivity index (χ2v) is 6.76. The van der Waals surface area contributed by atoms with E-state index in [1.54, 1.807) is 47.5 Å². The molecular formula is C24H22N4O3. The summed E-state index contributed by atoms with van der Waals surface area (Å²) < 4.78 is 12.8. The van der Waals surface area contributed by atoms with Crippen LogP contribution < -0.4 is 10.2 Å². The second kappa shape index (κ2) is 9.58. The van der Waals surface area contributed by atoms with E-state index in [9.17, 15) is 4.79 Å². The molecule has 2 aromatic heterocycles. The quantitative estimate of drug-likeness (QED) is 0.335. The Labute approximate surface area is 180 Å². The fourth-order valence-electron chi connectivity index (χ4n) is 2.95. The number of furan rings is 1. The van der Waals surface area contributed by atoms with Crippen LogP contribution in [0.15, 0.2) is 88.7 Å². The zero-order valence-corrected chi connectivity index (χ0v) is 17.1. The van der Waals surface area contributed by atoms with Crippen LogP contribution in [-0.4, -0.2) is 28.5 Å². The topological polar surface area (TPSA) is 81.6 Å². The first-order valence-electron chi connectivity index (χ1n) is 10.00. The first kappa shape index (κ1) is 20.2. The molecule has 7 nitrogen and oxygen atoms in total. The summed E-state index contributed by atoms with van der Waals surface area (Å²) in [5, 5.41) is 8.73. The largest absolute Gasteiger partial charge is 0.494 e. The number of para-hydroxylation sites is 1. The van der Waals surface area contributed by atoms with E-state index in [1.807, 2.05) is 49.5 Å². The highest BCUT2D eigenvalue weighted by molar-refractivity contribution is 5.95. The normalized spacial score (nSPS) is 11.0. The number of carbonyl (C=O) groups is 1. The Morgan fingerprint density at radius 3 is 2.65 bits per heavy atom. The number of carbonyl (C=O) groups excluding carboxylic acids is 1. The summed E-state index contributed by atoms with van der Waals surface area (Å²) in [6.45, 7) is 2.69. The summed E-state index contributed by atoms with van der Waals surface area (Å²) >= 11 is 0. The van der Waals surface area contributed by atoms with E-state index in [1.165, 1.54) is 0 Å². The number of hydrogen-bond donors (Lipinski definition) is 1. The number of benzene rings is 2. The Morgan fingerprint density at radius 2 is 1.94 bits per heavy atom. The zero-order valence-electron chi connectivity index (χ0n) is 17.1. The van der Waals surface area contributed by atoms with Gasteiger partial charge in [0.2, 0.25) is 0 Å². The fraction of sp³-hybridized carbons (Fsp3) is 0.125. The van der Waals surface area contributed by atoms with Crippen LogP contribution in [0, 0.1) is 0 Å². The van der Waals surface area contributed by atoms with Gasteiger partial charge in [0.15, 0.2) is 5.76 Å². The van der Waals surface area contributed by atoms with E-state index < -0.39 is 0 Å². The van der Waals surface area contributed by atoms with Gasteiger partial charge in [-0.2, -0.15) is 10.2 Å². The molecule has 0 aliphatic rings. The van der Waals surface area contributed by atoms with Gasteiger partial charge < -0.3 is 9.15 Å². The van der Waals surface area contributed by atoms with Crippen LogP contribution in [0.3, 0.4) is 0 Å². The summed E-state index contributed by atoms with van der Waals surface area (Å²) in [6, 6.07) is 20.3. The van der Waals surface area contributed by atoms with E-state index >= 15 is 0 Å². The summed E-state index contributed by atoms with van der Waals surface area (Å²) in [7, 11) is 0. The van der Waals surface area contributed by atoms with Crippen molar-refractivity contribution in [1.82, 2.24) is 15.2 Å². The fourth-order valence-corrected chi connectivity index (χ4v) is 2.95. The van der Waals surface area contributed by atoms with Gasteiger partial charge in [-0.25, -0.2) is 10.1 Å². The Morgan fingerprint density at radius 1 is 1.13 bits per heavy atom. The SMILES string of the molecule is CCCOc1ccc(C(=O)N/N=C/c2cn(-c3ccccc3)nc2-c2ccco2)cc1. The minimum atomic E-state index is -0.312. The summed E-state index contributed by atoms with van der Waals surface area (Å²) in [5.41, 5.74) is 5.29. The van der Waals surface area contributed by atoms with Gasteiger partial charge in [-0.3, -0.25) is 4.79 Å². The lowest BCUT2D eigenvalue weighted by molar-refractivity contribution is 0.0955. The summed E-state index contributed by atoms with van der Waals surface area (Å²) in [4.78, 5) is 12.4. The van der Waals surface area contributed by atoms with Gasteiger partial charge in [0.1, 0.15) is 11.4 Å². The van der Waals surface area contributed by atoms with Gasteiger partial charge >= 0.3 is 0 Å². The van der Waals surface area contributed by atoms with Gasteiger partial charge in [-0.05, 0) is 55.0 Å². The molecule has 31 heavy (non-hydrogen) atoms. The molecule has 2 aromatic carbocycles. The lowest BCUT2D eigenvalue weighted by atomic mass is 10.2. The number of aromatic nitrogens is 2. The first-order valence-corrected chi connectivity index (χ1v) is 10.00. The molecule has 0 radical (unpaired) electrons. The smallest absolute Gasteiger partial charge is 0.271 e. The second-order valence-electron chi connectivity index (χ2n) is 6.76. The monoisotopic (exact) mass is 414 g/mol. The van der Waals surface area contributed by atoms with Gasteiger partial charge in [0.25, 0.3) is 5.91 Å². The predicted molar refractivity (Wildman–Crippen MR) is 119 cm³/mol. The van der Waals surface area contributed by atoms with Crippen molar-refractivity contribution in [1.29, 1.82) is 0 Å². The number of hydrazone groups is 1. The van der Waals surface area contributed by atoms with E-state index in [4.69, 9.17) is 9.15 Å². The van der Waals surface area contributed by atoms with Crippen molar-refractivity contribution < 1.29 is 13.9 Å². The van der Waals surface area contributed by atoms with Gasteiger partial charge in [-0.1, -0.05) is 25.1 Å². The van der Waals surface area contributed by atoms with Gasteiger partial charge in [-0.15, -0.1) is 0 Å². The summed E-state index contributed by atoms with van der Waals surface area (Å²) in [6.07, 6.45) is 5.91. The highest BCUT2D eigenvalue weighted by Gasteiger charge is 2.13. The number of amides is 1. The van der Waals surface area contributed by atoms with Crippen LogP contribution in [0.1, 0.15) is 29.3 Å². The van der Waals surface area contributed by atoms with Crippen molar-refractivity contribution in [2.45, 2.75) is 13.3 Å².